The average molecular weight is 502 g/mol. The highest BCUT2D eigenvalue weighted by molar-refractivity contribution is 8.16. The smallest absolute Gasteiger partial charge is 0.338 e. The lowest BCUT2D eigenvalue weighted by atomic mass is 9.93. The van der Waals surface area contributed by atoms with Crippen molar-refractivity contribution in [3.63, 3.8) is 0 Å². The Labute approximate surface area is 206 Å². The number of aliphatic imine (C=N–C) groups is 1. The van der Waals surface area contributed by atoms with Gasteiger partial charge in [-0.1, -0.05) is 41.6 Å². The van der Waals surface area contributed by atoms with Gasteiger partial charge in [-0.25, -0.2) is 9.79 Å². The molecule has 4 rings (SSSR count). The molecule has 0 radical (unpaired) electrons. The van der Waals surface area contributed by atoms with Crippen LogP contribution in [-0.2, 0) is 25.6 Å². The minimum absolute atomic E-state index is 0.0960. The standard InChI is InChI=1S/C24H24ClN3O5S/c1-15-21(23(30)33-11-10-31-2)22(18-7-3-4-8-19(18)25)28-16(14-34-24(28)27-15)12-20(29)26-13-17-6-5-9-32-17/h3-9,14,22H,10-13H2,1-2H3,(H,26,29)/t22-/m1/s1. The number of carbonyl (C=O) groups excluding carboxylic acids is 2. The van der Waals surface area contributed by atoms with Crippen molar-refractivity contribution < 1.29 is 23.5 Å². The van der Waals surface area contributed by atoms with Gasteiger partial charge in [0.1, 0.15) is 12.4 Å². The van der Waals surface area contributed by atoms with E-state index in [4.69, 9.17) is 25.5 Å². The SMILES string of the molecule is COCCOC(=O)C1=C(C)N=C2SC=C(CC(=O)NCc3ccco3)N2[C@@H]1c1ccccc1Cl. The number of benzene rings is 1. The molecule has 0 spiro atoms. The van der Waals surface area contributed by atoms with E-state index in [2.05, 4.69) is 10.3 Å². The number of nitrogens with one attached hydrogen (secondary N) is 1. The number of hydrogen-bond acceptors (Lipinski definition) is 8. The average Bonchev–Trinajstić information content (AvgIpc) is 3.47. The van der Waals surface area contributed by atoms with Gasteiger partial charge in [-0.3, -0.25) is 4.79 Å². The van der Waals surface area contributed by atoms with Crippen LogP contribution in [0.1, 0.15) is 30.7 Å². The minimum atomic E-state index is -0.588. The number of halogens is 1. The first-order valence-electron chi connectivity index (χ1n) is 10.6. The lowest BCUT2D eigenvalue weighted by Gasteiger charge is -2.36. The van der Waals surface area contributed by atoms with Crippen molar-refractivity contribution in [2.24, 2.45) is 4.99 Å². The fraction of sp³-hybridized carbons (Fsp3) is 0.292. The van der Waals surface area contributed by atoms with Crippen LogP contribution in [0.4, 0.5) is 0 Å². The van der Waals surface area contributed by atoms with Gasteiger partial charge in [-0.15, -0.1) is 0 Å². The summed E-state index contributed by atoms with van der Waals surface area (Å²) in [5, 5.41) is 5.91. The quantitative estimate of drug-likeness (QED) is 0.402. The van der Waals surface area contributed by atoms with Crippen molar-refractivity contribution in [2.75, 3.05) is 20.3 Å². The number of furan rings is 1. The van der Waals surface area contributed by atoms with E-state index < -0.39 is 12.0 Å². The Morgan fingerprint density at radius 3 is 2.79 bits per heavy atom. The number of amidine groups is 1. The molecule has 8 nitrogen and oxygen atoms in total. The van der Waals surface area contributed by atoms with Crippen LogP contribution in [0.3, 0.4) is 0 Å². The molecule has 0 saturated carbocycles. The summed E-state index contributed by atoms with van der Waals surface area (Å²) in [5.74, 6) is -0.0179. The highest BCUT2D eigenvalue weighted by Gasteiger charge is 2.41. The van der Waals surface area contributed by atoms with Gasteiger partial charge in [0, 0.05) is 17.8 Å². The molecule has 2 aliphatic heterocycles. The van der Waals surface area contributed by atoms with Gasteiger partial charge in [-0.05, 0) is 36.1 Å². The Balaban J connectivity index is 1.62. The maximum absolute atomic E-state index is 13.1. The second-order valence-electron chi connectivity index (χ2n) is 7.58. The third kappa shape index (κ3) is 5.22. The number of allylic oxidation sites excluding steroid dienone is 1. The number of nitrogens with zero attached hydrogens (tertiary/aromatic N) is 2. The second kappa shape index (κ2) is 10.9. The van der Waals surface area contributed by atoms with Crippen LogP contribution in [0, 0.1) is 0 Å². The van der Waals surface area contributed by atoms with Crippen molar-refractivity contribution in [3.8, 4) is 0 Å². The summed E-state index contributed by atoms with van der Waals surface area (Å²) < 4.78 is 15.7. The summed E-state index contributed by atoms with van der Waals surface area (Å²) in [6.07, 6.45) is 1.66. The van der Waals surface area contributed by atoms with E-state index in [-0.39, 0.29) is 32.1 Å². The fourth-order valence-electron chi connectivity index (χ4n) is 3.74. The third-order valence-electron chi connectivity index (χ3n) is 5.32. The normalized spacial score (nSPS) is 17.3. The lowest BCUT2D eigenvalue weighted by molar-refractivity contribution is -0.141. The van der Waals surface area contributed by atoms with Crippen LogP contribution in [0.15, 0.2) is 74.4 Å². The molecule has 0 aliphatic carbocycles. The molecule has 0 bridgehead atoms. The first-order chi connectivity index (χ1) is 16.5. The second-order valence-corrected chi connectivity index (χ2v) is 8.82. The molecule has 2 aromatic rings. The van der Waals surface area contributed by atoms with Crippen LogP contribution in [0.2, 0.25) is 5.02 Å². The predicted molar refractivity (Wildman–Crippen MR) is 130 cm³/mol. The zero-order chi connectivity index (χ0) is 24.1. The summed E-state index contributed by atoms with van der Waals surface area (Å²) >= 11 is 7.98. The van der Waals surface area contributed by atoms with Gasteiger partial charge >= 0.3 is 5.97 Å². The molecule has 1 aromatic heterocycles. The zero-order valence-electron chi connectivity index (χ0n) is 18.7. The van der Waals surface area contributed by atoms with Gasteiger partial charge < -0.3 is 24.1 Å². The van der Waals surface area contributed by atoms with Gasteiger partial charge in [0.05, 0.1) is 43.1 Å². The Morgan fingerprint density at radius 2 is 2.06 bits per heavy atom. The largest absolute Gasteiger partial charge is 0.467 e. The molecule has 1 amide bonds. The number of methoxy groups -OCH3 is 1. The molecule has 0 fully saturated rings. The molecular weight excluding hydrogens is 478 g/mol. The fourth-order valence-corrected chi connectivity index (χ4v) is 4.95. The van der Waals surface area contributed by atoms with E-state index in [0.29, 0.717) is 32.9 Å². The molecule has 34 heavy (non-hydrogen) atoms. The van der Waals surface area contributed by atoms with Crippen molar-refractivity contribution in [3.05, 3.63) is 81.4 Å². The van der Waals surface area contributed by atoms with Gasteiger partial charge in [0.25, 0.3) is 0 Å². The van der Waals surface area contributed by atoms with E-state index in [0.717, 1.165) is 5.56 Å². The summed E-state index contributed by atoms with van der Waals surface area (Å²) in [6.45, 7) is 2.46. The summed E-state index contributed by atoms with van der Waals surface area (Å²) in [7, 11) is 1.54. The minimum Gasteiger partial charge on any atom is -0.467 e. The third-order valence-corrected chi connectivity index (χ3v) is 6.56. The molecule has 1 atom stereocenters. The van der Waals surface area contributed by atoms with Crippen molar-refractivity contribution >= 4 is 40.4 Å². The van der Waals surface area contributed by atoms with E-state index in [1.54, 1.807) is 31.4 Å². The number of fused-ring (bicyclic) bond motifs is 1. The Morgan fingerprint density at radius 1 is 1.24 bits per heavy atom. The van der Waals surface area contributed by atoms with Crippen LogP contribution < -0.4 is 5.32 Å². The van der Waals surface area contributed by atoms with Crippen molar-refractivity contribution in [1.82, 2.24) is 10.2 Å². The van der Waals surface area contributed by atoms with E-state index in [9.17, 15) is 9.59 Å². The first kappa shape index (κ1) is 24.1. The Kier molecular flexibility index (Phi) is 7.77. The number of carbonyl (C=O) groups is 2. The Bertz CT molecular complexity index is 1160. The van der Waals surface area contributed by atoms with Gasteiger partial charge in [0.15, 0.2) is 5.17 Å². The maximum atomic E-state index is 13.1. The van der Waals surface area contributed by atoms with Crippen molar-refractivity contribution in [1.29, 1.82) is 0 Å². The Hall–Kier alpha value is -3.01. The number of hydrogen-bond donors (Lipinski definition) is 1. The number of amides is 1. The number of thioether (sulfide) groups is 1. The molecule has 2 aliphatic rings. The van der Waals surface area contributed by atoms with Crippen LogP contribution in [0.5, 0.6) is 0 Å². The summed E-state index contributed by atoms with van der Waals surface area (Å²) in [6, 6.07) is 10.3. The predicted octanol–water partition coefficient (Wildman–Crippen LogP) is 4.40. The summed E-state index contributed by atoms with van der Waals surface area (Å²) in [4.78, 5) is 32.4. The number of rotatable bonds is 9. The molecule has 1 N–H and O–H groups in total. The lowest BCUT2D eigenvalue weighted by Crippen LogP contribution is -2.38. The van der Waals surface area contributed by atoms with Gasteiger partial charge in [-0.2, -0.15) is 0 Å². The number of esters is 1. The van der Waals surface area contributed by atoms with Crippen LogP contribution in [0.25, 0.3) is 0 Å². The molecule has 3 heterocycles. The monoisotopic (exact) mass is 501 g/mol. The molecule has 10 heteroatoms. The molecule has 1 aromatic carbocycles. The molecular formula is C24H24ClN3O5S. The maximum Gasteiger partial charge on any atom is 0.338 e. The van der Waals surface area contributed by atoms with E-state index in [1.807, 2.05) is 28.5 Å². The number of ether oxygens (including phenoxy) is 2. The van der Waals surface area contributed by atoms with Crippen LogP contribution >= 0.6 is 23.4 Å². The molecule has 0 unspecified atom stereocenters. The molecule has 0 saturated heterocycles. The highest BCUT2D eigenvalue weighted by atomic mass is 35.5. The van der Waals surface area contributed by atoms with E-state index in [1.165, 1.54) is 18.9 Å². The highest BCUT2D eigenvalue weighted by Crippen LogP contribution is 2.46. The van der Waals surface area contributed by atoms with Crippen LogP contribution in [-0.4, -0.2) is 42.3 Å². The first-order valence-corrected chi connectivity index (χ1v) is 11.9. The van der Waals surface area contributed by atoms with E-state index >= 15 is 0 Å². The van der Waals surface area contributed by atoms with Crippen molar-refractivity contribution in [2.45, 2.75) is 25.9 Å². The zero-order valence-corrected chi connectivity index (χ0v) is 20.3. The van der Waals surface area contributed by atoms with Gasteiger partial charge in [0.2, 0.25) is 5.91 Å². The molecule has 178 valence electrons. The topological polar surface area (TPSA) is 93.4 Å². The summed E-state index contributed by atoms with van der Waals surface area (Å²) in [5.41, 5.74) is 2.35.